The van der Waals surface area contributed by atoms with E-state index in [1.807, 2.05) is 42.5 Å². The molecule has 2 rings (SSSR count). The van der Waals surface area contributed by atoms with Crippen LogP contribution in [0.4, 0.5) is 5.69 Å². The molecule has 0 atom stereocenters. The molecule has 0 heterocycles. The Morgan fingerprint density at radius 3 is 2.62 bits per heavy atom. The Balaban J connectivity index is 2.54. The number of hydrogen-bond donors (Lipinski definition) is 1. The van der Waals surface area contributed by atoms with Crippen molar-refractivity contribution in [1.29, 1.82) is 0 Å². The van der Waals surface area contributed by atoms with Crippen LogP contribution in [0.5, 0.6) is 0 Å². The Bertz CT molecular complexity index is 393. The van der Waals surface area contributed by atoms with Crippen LogP contribution in [0.3, 0.4) is 0 Å². The lowest BCUT2D eigenvalue weighted by Crippen LogP contribution is -1.88. The molecule has 1 heteroatoms. The van der Waals surface area contributed by atoms with E-state index in [-0.39, 0.29) is 0 Å². The van der Waals surface area contributed by atoms with Gasteiger partial charge in [0.25, 0.3) is 0 Å². The van der Waals surface area contributed by atoms with Crippen LogP contribution < -0.4 is 5.73 Å². The molecule has 0 saturated heterocycles. The number of nitrogens with two attached hydrogens (primary N) is 1. The minimum Gasteiger partial charge on any atom is -0.398 e. The van der Waals surface area contributed by atoms with Gasteiger partial charge in [-0.3, -0.25) is 0 Å². The maximum absolute atomic E-state index is 5.82. The molecular weight excluding hydrogens is 158 g/mol. The molecule has 0 fully saturated rings. The predicted octanol–water partition coefficient (Wildman–Crippen LogP) is 2.54. The van der Waals surface area contributed by atoms with E-state index in [4.69, 9.17) is 5.73 Å². The first kappa shape index (κ1) is 7.87. The summed E-state index contributed by atoms with van der Waals surface area (Å²) in [4.78, 5) is 0. The first-order valence-electron chi connectivity index (χ1n) is 4.10. The van der Waals surface area contributed by atoms with Gasteiger partial charge in [-0.2, -0.15) is 0 Å². The summed E-state index contributed by atoms with van der Waals surface area (Å²) in [5.74, 6) is 0. The van der Waals surface area contributed by atoms with Crippen molar-refractivity contribution in [3.8, 4) is 11.1 Å². The molecule has 2 aromatic carbocycles. The van der Waals surface area contributed by atoms with Crippen molar-refractivity contribution in [1.82, 2.24) is 0 Å². The van der Waals surface area contributed by atoms with E-state index >= 15 is 0 Å². The van der Waals surface area contributed by atoms with Crippen LogP contribution in [-0.4, -0.2) is 0 Å². The van der Waals surface area contributed by atoms with E-state index in [0.29, 0.717) is 0 Å². The molecule has 0 aliphatic heterocycles. The van der Waals surface area contributed by atoms with Gasteiger partial charge in [0.05, 0.1) is 0 Å². The van der Waals surface area contributed by atoms with Crippen LogP contribution in [-0.2, 0) is 0 Å². The molecule has 2 radical (unpaired) electrons. The first-order valence-corrected chi connectivity index (χ1v) is 4.10. The Morgan fingerprint density at radius 1 is 1.08 bits per heavy atom. The topological polar surface area (TPSA) is 26.0 Å². The van der Waals surface area contributed by atoms with E-state index in [9.17, 15) is 0 Å². The van der Waals surface area contributed by atoms with Gasteiger partial charge >= 0.3 is 0 Å². The monoisotopic (exact) mass is 167 g/mol. The van der Waals surface area contributed by atoms with Crippen molar-refractivity contribution in [3.05, 3.63) is 54.6 Å². The van der Waals surface area contributed by atoms with Crippen LogP contribution in [0.25, 0.3) is 11.1 Å². The van der Waals surface area contributed by atoms with E-state index < -0.39 is 0 Å². The van der Waals surface area contributed by atoms with Gasteiger partial charge in [-0.25, -0.2) is 0 Å². The van der Waals surface area contributed by atoms with E-state index in [2.05, 4.69) is 12.1 Å². The largest absolute Gasteiger partial charge is 0.398 e. The summed E-state index contributed by atoms with van der Waals surface area (Å²) >= 11 is 0. The number of rotatable bonds is 1. The van der Waals surface area contributed by atoms with Gasteiger partial charge < -0.3 is 5.73 Å². The standard InChI is InChI=1S/C12H9N/c13-12-9-5-4-8-11(12)10-6-2-1-3-7-10/h1-2,4-5,7-9H,13H2. The molecule has 0 saturated carbocycles. The summed E-state index contributed by atoms with van der Waals surface area (Å²) in [6.07, 6.45) is 0. The third-order valence-corrected chi connectivity index (χ3v) is 1.90. The summed E-state index contributed by atoms with van der Waals surface area (Å²) in [5.41, 5.74) is 8.59. The number of benzene rings is 2. The Kier molecular flexibility index (Phi) is 2.01. The fourth-order valence-corrected chi connectivity index (χ4v) is 1.25. The third kappa shape index (κ3) is 1.54. The van der Waals surface area contributed by atoms with Crippen molar-refractivity contribution in [3.63, 3.8) is 0 Å². The highest BCUT2D eigenvalue weighted by molar-refractivity contribution is 5.75. The average Bonchev–Trinajstić information content (AvgIpc) is 2.20. The summed E-state index contributed by atoms with van der Waals surface area (Å²) in [6.45, 7) is 0. The minimum absolute atomic E-state index is 0.776. The molecule has 0 amide bonds. The molecule has 2 aromatic rings. The Hall–Kier alpha value is -1.76. The van der Waals surface area contributed by atoms with E-state index in [1.54, 1.807) is 0 Å². The molecule has 0 aliphatic carbocycles. The van der Waals surface area contributed by atoms with Crippen LogP contribution in [0.2, 0.25) is 0 Å². The van der Waals surface area contributed by atoms with Gasteiger partial charge in [-0.05, 0) is 29.8 Å². The third-order valence-electron chi connectivity index (χ3n) is 1.90. The molecule has 2 N–H and O–H groups in total. The second-order valence-corrected chi connectivity index (χ2v) is 2.79. The fourth-order valence-electron chi connectivity index (χ4n) is 1.25. The van der Waals surface area contributed by atoms with Gasteiger partial charge in [-0.1, -0.05) is 30.3 Å². The molecular formula is C12H9N. The van der Waals surface area contributed by atoms with Crippen molar-refractivity contribution < 1.29 is 0 Å². The first-order chi connectivity index (χ1) is 6.38. The molecule has 62 valence electrons. The molecule has 0 spiro atoms. The minimum atomic E-state index is 0.776. The highest BCUT2D eigenvalue weighted by atomic mass is 14.6. The molecule has 0 aromatic heterocycles. The highest BCUT2D eigenvalue weighted by Gasteiger charge is 1.99. The average molecular weight is 167 g/mol. The second-order valence-electron chi connectivity index (χ2n) is 2.79. The molecule has 0 bridgehead atoms. The van der Waals surface area contributed by atoms with Crippen LogP contribution in [0, 0.1) is 12.1 Å². The maximum Gasteiger partial charge on any atom is 0.0393 e. The van der Waals surface area contributed by atoms with Gasteiger partial charge in [0.15, 0.2) is 0 Å². The van der Waals surface area contributed by atoms with Crippen molar-refractivity contribution in [2.75, 3.05) is 5.73 Å². The quantitative estimate of drug-likeness (QED) is 0.649. The van der Waals surface area contributed by atoms with Crippen LogP contribution in [0.15, 0.2) is 42.5 Å². The second kappa shape index (κ2) is 3.31. The normalized spacial score (nSPS) is 9.85. The number of para-hydroxylation sites is 1. The molecule has 13 heavy (non-hydrogen) atoms. The van der Waals surface area contributed by atoms with Crippen molar-refractivity contribution >= 4 is 5.69 Å². The Morgan fingerprint density at radius 2 is 1.92 bits per heavy atom. The number of hydrogen-bond acceptors (Lipinski definition) is 1. The molecule has 0 aliphatic rings. The zero-order chi connectivity index (χ0) is 9.10. The fraction of sp³-hybridized carbons (Fsp3) is 0. The zero-order valence-electron chi connectivity index (χ0n) is 7.12. The molecule has 1 nitrogen and oxygen atoms in total. The summed E-state index contributed by atoms with van der Waals surface area (Å²) in [5, 5.41) is 0. The van der Waals surface area contributed by atoms with Gasteiger partial charge in [0.2, 0.25) is 0 Å². The van der Waals surface area contributed by atoms with Gasteiger partial charge in [-0.15, -0.1) is 0 Å². The van der Waals surface area contributed by atoms with Crippen molar-refractivity contribution in [2.45, 2.75) is 0 Å². The lowest BCUT2D eigenvalue weighted by atomic mass is 10.0. The SMILES string of the molecule is Nc1ccccc1-c1[c]cc[c]c1. The van der Waals surface area contributed by atoms with E-state index in [1.165, 1.54) is 0 Å². The van der Waals surface area contributed by atoms with Crippen LogP contribution in [0.1, 0.15) is 0 Å². The number of anilines is 1. The summed E-state index contributed by atoms with van der Waals surface area (Å²) < 4.78 is 0. The number of nitrogen functional groups attached to an aromatic ring is 1. The van der Waals surface area contributed by atoms with Gasteiger partial charge in [0.1, 0.15) is 0 Å². The van der Waals surface area contributed by atoms with Crippen LogP contribution >= 0.6 is 0 Å². The maximum atomic E-state index is 5.82. The zero-order valence-corrected chi connectivity index (χ0v) is 7.12. The van der Waals surface area contributed by atoms with E-state index in [0.717, 1.165) is 16.8 Å². The van der Waals surface area contributed by atoms with Crippen molar-refractivity contribution in [2.24, 2.45) is 0 Å². The predicted molar refractivity (Wildman–Crippen MR) is 54.0 cm³/mol. The smallest absolute Gasteiger partial charge is 0.0393 e. The lowest BCUT2D eigenvalue weighted by molar-refractivity contribution is 1.59. The Labute approximate surface area is 77.8 Å². The summed E-state index contributed by atoms with van der Waals surface area (Å²) in [6, 6.07) is 19.4. The van der Waals surface area contributed by atoms with Gasteiger partial charge in [0, 0.05) is 11.3 Å². The highest BCUT2D eigenvalue weighted by Crippen LogP contribution is 2.23. The summed E-state index contributed by atoms with van der Waals surface area (Å²) in [7, 11) is 0. The molecule has 0 unspecified atom stereocenters. The lowest BCUT2D eigenvalue weighted by Gasteiger charge is -2.03.